The van der Waals surface area contributed by atoms with Crippen molar-refractivity contribution in [3.8, 4) is 11.5 Å². The number of pyridine rings is 1. The lowest BCUT2D eigenvalue weighted by Gasteiger charge is -2.21. The van der Waals surface area contributed by atoms with Gasteiger partial charge in [-0.15, -0.1) is 0 Å². The lowest BCUT2D eigenvalue weighted by atomic mass is 10.1. The van der Waals surface area contributed by atoms with Gasteiger partial charge in [-0.2, -0.15) is 0 Å². The van der Waals surface area contributed by atoms with Gasteiger partial charge in [-0.05, 0) is 48.2 Å². The topological polar surface area (TPSA) is 43.4 Å². The van der Waals surface area contributed by atoms with Crippen molar-refractivity contribution in [1.29, 1.82) is 0 Å². The number of hydrogen-bond acceptors (Lipinski definition) is 4. The zero-order chi connectivity index (χ0) is 13.4. The number of nitrogens with one attached hydrogen (secondary N) is 1. The van der Waals surface area contributed by atoms with Crippen molar-refractivity contribution in [2.75, 3.05) is 18.5 Å². The van der Waals surface area contributed by atoms with Crippen LogP contribution in [0, 0.1) is 0 Å². The van der Waals surface area contributed by atoms with Crippen LogP contribution in [0.3, 0.4) is 0 Å². The van der Waals surface area contributed by atoms with Crippen LogP contribution >= 0.6 is 0 Å². The van der Waals surface area contributed by atoms with Gasteiger partial charge in [0.1, 0.15) is 19.0 Å². The fraction of sp³-hybridized carbons (Fsp3) is 0.312. The predicted octanol–water partition coefficient (Wildman–Crippen LogP) is 2.95. The third-order valence-electron chi connectivity index (χ3n) is 3.87. The Labute approximate surface area is 117 Å². The van der Waals surface area contributed by atoms with Crippen molar-refractivity contribution in [3.63, 3.8) is 0 Å². The zero-order valence-electron chi connectivity index (χ0n) is 11.1. The highest BCUT2D eigenvalue weighted by molar-refractivity contribution is 5.53. The van der Waals surface area contributed by atoms with Gasteiger partial charge in [-0.3, -0.25) is 0 Å². The van der Waals surface area contributed by atoms with Crippen LogP contribution in [-0.2, 0) is 6.42 Å². The van der Waals surface area contributed by atoms with Crippen LogP contribution in [0.1, 0.15) is 23.6 Å². The highest BCUT2D eigenvalue weighted by Crippen LogP contribution is 2.41. The molecule has 1 aliphatic carbocycles. The van der Waals surface area contributed by atoms with Crippen molar-refractivity contribution in [2.24, 2.45) is 0 Å². The first-order chi connectivity index (χ1) is 9.90. The molecule has 2 heterocycles. The standard InChI is InChI=1S/C16H16N2O2/c1-2-6-17-16(3-1)18-13-5-4-11-9-14-15(10-12(11)13)20-8-7-19-14/h1-3,6,9-10,13H,4-5,7-8H2,(H,17,18)/t13-/m1/s1. The highest BCUT2D eigenvalue weighted by atomic mass is 16.6. The number of anilines is 1. The molecule has 0 saturated carbocycles. The first kappa shape index (κ1) is 11.6. The number of fused-ring (bicyclic) bond motifs is 2. The van der Waals surface area contributed by atoms with Crippen molar-refractivity contribution < 1.29 is 9.47 Å². The van der Waals surface area contributed by atoms with E-state index in [1.54, 1.807) is 0 Å². The second-order valence-electron chi connectivity index (χ2n) is 5.15. The predicted molar refractivity (Wildman–Crippen MR) is 76.4 cm³/mol. The van der Waals surface area contributed by atoms with Gasteiger partial charge in [-0.25, -0.2) is 4.98 Å². The average molecular weight is 268 g/mol. The number of hydrogen-bond donors (Lipinski definition) is 1. The third-order valence-corrected chi connectivity index (χ3v) is 3.87. The van der Waals surface area contributed by atoms with Crippen LogP contribution in [0.25, 0.3) is 0 Å². The Kier molecular flexibility index (Phi) is 2.73. The second-order valence-corrected chi connectivity index (χ2v) is 5.15. The Balaban J connectivity index is 1.64. The molecule has 1 aliphatic heterocycles. The minimum Gasteiger partial charge on any atom is -0.486 e. The third kappa shape index (κ3) is 1.97. The van der Waals surface area contributed by atoms with E-state index in [2.05, 4.69) is 22.4 Å². The van der Waals surface area contributed by atoms with Crippen LogP contribution in [0.15, 0.2) is 36.5 Å². The molecule has 1 aromatic heterocycles. The van der Waals surface area contributed by atoms with Crippen LogP contribution in [0.4, 0.5) is 5.82 Å². The fourth-order valence-electron chi connectivity index (χ4n) is 2.92. The van der Waals surface area contributed by atoms with Crippen molar-refractivity contribution in [2.45, 2.75) is 18.9 Å². The Morgan fingerprint density at radius 1 is 1.10 bits per heavy atom. The normalized spacial score (nSPS) is 19.5. The van der Waals surface area contributed by atoms with E-state index in [1.165, 1.54) is 11.1 Å². The molecule has 0 spiro atoms. The van der Waals surface area contributed by atoms with E-state index in [0.29, 0.717) is 19.3 Å². The van der Waals surface area contributed by atoms with E-state index in [-0.39, 0.29) is 0 Å². The number of ether oxygens (including phenoxy) is 2. The maximum Gasteiger partial charge on any atom is 0.161 e. The SMILES string of the molecule is c1ccc(N[C@@H]2CCc3cc4c(cc32)OCCO4)nc1. The summed E-state index contributed by atoms with van der Waals surface area (Å²) in [5, 5.41) is 3.50. The van der Waals surface area contributed by atoms with Crippen molar-refractivity contribution in [1.82, 2.24) is 4.98 Å². The molecule has 20 heavy (non-hydrogen) atoms. The summed E-state index contributed by atoms with van der Waals surface area (Å²) < 4.78 is 11.3. The summed E-state index contributed by atoms with van der Waals surface area (Å²) in [6, 6.07) is 10.5. The minimum atomic E-state index is 0.302. The number of benzene rings is 1. The van der Waals surface area contributed by atoms with Crippen LogP contribution in [-0.4, -0.2) is 18.2 Å². The summed E-state index contributed by atoms with van der Waals surface area (Å²) in [7, 11) is 0. The average Bonchev–Trinajstić information content (AvgIpc) is 2.88. The molecule has 4 heteroatoms. The summed E-state index contributed by atoms with van der Waals surface area (Å²) in [5.74, 6) is 2.67. The molecule has 1 atom stereocenters. The van der Waals surface area contributed by atoms with Crippen LogP contribution in [0.2, 0.25) is 0 Å². The molecular weight excluding hydrogens is 252 g/mol. The van der Waals surface area contributed by atoms with Gasteiger partial charge < -0.3 is 14.8 Å². The Morgan fingerprint density at radius 2 is 1.95 bits per heavy atom. The second kappa shape index (κ2) is 4.71. The van der Waals surface area contributed by atoms with E-state index >= 15 is 0 Å². The Morgan fingerprint density at radius 3 is 2.75 bits per heavy atom. The number of aromatic nitrogens is 1. The summed E-state index contributed by atoms with van der Waals surface area (Å²) in [6.45, 7) is 1.27. The molecule has 0 fully saturated rings. The van der Waals surface area contributed by atoms with E-state index in [1.807, 2.05) is 24.4 Å². The lowest BCUT2D eigenvalue weighted by Crippen LogP contribution is -2.16. The molecule has 0 radical (unpaired) electrons. The highest BCUT2D eigenvalue weighted by Gasteiger charge is 2.26. The molecule has 102 valence electrons. The molecule has 0 saturated heterocycles. The fourth-order valence-corrected chi connectivity index (χ4v) is 2.92. The van der Waals surface area contributed by atoms with Gasteiger partial charge in [-0.1, -0.05) is 6.07 Å². The molecule has 0 amide bonds. The monoisotopic (exact) mass is 268 g/mol. The van der Waals surface area contributed by atoms with Crippen LogP contribution in [0.5, 0.6) is 11.5 Å². The van der Waals surface area contributed by atoms with E-state index in [9.17, 15) is 0 Å². The smallest absolute Gasteiger partial charge is 0.161 e. The maximum atomic E-state index is 5.68. The van der Waals surface area contributed by atoms with Crippen LogP contribution < -0.4 is 14.8 Å². The molecule has 0 bridgehead atoms. The van der Waals surface area contributed by atoms with Gasteiger partial charge in [0.2, 0.25) is 0 Å². The summed E-state index contributed by atoms with van der Waals surface area (Å²) in [5.41, 5.74) is 2.66. The number of nitrogens with zero attached hydrogens (tertiary/aromatic N) is 1. The number of rotatable bonds is 2. The van der Waals surface area contributed by atoms with Gasteiger partial charge in [0, 0.05) is 6.20 Å². The van der Waals surface area contributed by atoms with Crippen molar-refractivity contribution in [3.05, 3.63) is 47.7 Å². The van der Waals surface area contributed by atoms with Gasteiger partial charge in [0.05, 0.1) is 6.04 Å². The Hall–Kier alpha value is -2.23. The summed E-state index contributed by atoms with van der Waals surface area (Å²) in [4.78, 5) is 4.34. The summed E-state index contributed by atoms with van der Waals surface area (Å²) >= 11 is 0. The summed E-state index contributed by atoms with van der Waals surface area (Å²) in [6.07, 6.45) is 3.95. The molecule has 0 unspecified atom stereocenters. The Bertz CT molecular complexity index is 628. The largest absolute Gasteiger partial charge is 0.486 e. The quantitative estimate of drug-likeness (QED) is 0.909. The molecule has 4 nitrogen and oxygen atoms in total. The van der Waals surface area contributed by atoms with Gasteiger partial charge in [0.25, 0.3) is 0 Å². The lowest BCUT2D eigenvalue weighted by molar-refractivity contribution is 0.171. The van der Waals surface area contributed by atoms with E-state index < -0.39 is 0 Å². The molecule has 1 aromatic carbocycles. The number of aryl methyl sites for hydroxylation is 1. The van der Waals surface area contributed by atoms with Gasteiger partial charge in [0.15, 0.2) is 11.5 Å². The first-order valence-electron chi connectivity index (χ1n) is 7.00. The molecule has 2 aromatic rings. The molecule has 4 rings (SSSR count). The molecule has 2 aliphatic rings. The first-order valence-corrected chi connectivity index (χ1v) is 7.00. The van der Waals surface area contributed by atoms with E-state index in [4.69, 9.17) is 9.47 Å². The van der Waals surface area contributed by atoms with E-state index in [0.717, 1.165) is 30.2 Å². The minimum absolute atomic E-state index is 0.302. The molecular formula is C16H16N2O2. The zero-order valence-corrected chi connectivity index (χ0v) is 11.1. The molecule has 1 N–H and O–H groups in total. The van der Waals surface area contributed by atoms with Crippen molar-refractivity contribution >= 4 is 5.82 Å². The maximum absolute atomic E-state index is 5.68. The van der Waals surface area contributed by atoms with Gasteiger partial charge >= 0.3 is 0 Å².